The third-order valence-electron chi connectivity index (χ3n) is 4.25. The molecule has 0 amide bonds. The van der Waals surface area contributed by atoms with Crippen molar-refractivity contribution >= 4 is 35.6 Å². The molecular weight excluding hydrogens is 377 g/mol. The Morgan fingerprint density at radius 1 is 0.846 bits per heavy atom. The Morgan fingerprint density at radius 2 is 1.35 bits per heavy atom. The Labute approximate surface area is 156 Å². The summed E-state index contributed by atoms with van der Waals surface area (Å²) in [6.45, 7) is 0. The molecule has 6 heteroatoms. The van der Waals surface area contributed by atoms with Crippen molar-refractivity contribution in [3.05, 3.63) is 84.4 Å². The van der Waals surface area contributed by atoms with Crippen LogP contribution in [0.2, 0.25) is 0 Å². The molecule has 0 N–H and O–H groups in total. The highest BCUT2D eigenvalue weighted by atomic mass is 35.5. The summed E-state index contributed by atoms with van der Waals surface area (Å²) >= 11 is 5.34. The highest BCUT2D eigenvalue weighted by molar-refractivity contribution is 7.07. The minimum Gasteiger partial charge on any atom is -0.497 e. The fourth-order valence-corrected chi connectivity index (χ4v) is 6.41. The SMILES string of the molecule is COc1ccc([Si](F)(c2ccccc2)c2ccccc2)c(C(F)(F)Cl)c1. The van der Waals surface area contributed by atoms with E-state index >= 15 is 4.11 Å². The summed E-state index contributed by atoms with van der Waals surface area (Å²) in [5.74, 6) is 0.196. The number of alkyl halides is 3. The first kappa shape index (κ1) is 18.5. The predicted octanol–water partition coefficient (Wildman–Crippen LogP) is 3.92. The Hall–Kier alpha value is -2.24. The molecule has 0 aliphatic rings. The van der Waals surface area contributed by atoms with E-state index in [9.17, 15) is 8.78 Å². The molecule has 0 aromatic heterocycles. The van der Waals surface area contributed by atoms with Gasteiger partial charge in [0.15, 0.2) is 0 Å². The third kappa shape index (κ3) is 3.37. The normalized spacial score (nSPS) is 12.0. The highest BCUT2D eigenvalue weighted by Gasteiger charge is 2.47. The molecule has 0 saturated heterocycles. The number of hydrogen-bond acceptors (Lipinski definition) is 1. The summed E-state index contributed by atoms with van der Waals surface area (Å²) in [7, 11) is -2.83. The van der Waals surface area contributed by atoms with Crippen LogP contribution in [0.15, 0.2) is 78.9 Å². The molecule has 0 spiro atoms. The molecule has 0 heterocycles. The fraction of sp³-hybridized carbons (Fsp3) is 0.100. The van der Waals surface area contributed by atoms with Crippen LogP contribution in [0, 0.1) is 0 Å². The van der Waals surface area contributed by atoms with Crippen LogP contribution in [-0.2, 0) is 5.38 Å². The maximum atomic E-state index is 16.7. The summed E-state index contributed by atoms with van der Waals surface area (Å²) in [4.78, 5) is 0. The van der Waals surface area contributed by atoms with Crippen LogP contribution in [0.1, 0.15) is 5.56 Å². The molecule has 0 aliphatic carbocycles. The maximum Gasteiger partial charge on any atom is 0.348 e. The van der Waals surface area contributed by atoms with Gasteiger partial charge in [0.1, 0.15) is 5.75 Å². The third-order valence-corrected chi connectivity index (χ3v) is 7.89. The second-order valence-electron chi connectivity index (χ2n) is 5.80. The predicted molar refractivity (Wildman–Crippen MR) is 101 cm³/mol. The first-order valence-corrected chi connectivity index (χ1v) is 10.2. The molecular formula is C20H16ClF3OSi. The van der Waals surface area contributed by atoms with E-state index in [1.54, 1.807) is 60.7 Å². The maximum absolute atomic E-state index is 16.7. The van der Waals surface area contributed by atoms with Gasteiger partial charge in [0.2, 0.25) is 0 Å². The van der Waals surface area contributed by atoms with Crippen molar-refractivity contribution in [1.29, 1.82) is 0 Å². The van der Waals surface area contributed by atoms with Crippen LogP contribution in [-0.4, -0.2) is 15.5 Å². The Balaban J connectivity index is 2.34. The van der Waals surface area contributed by atoms with Gasteiger partial charge in [0.05, 0.1) is 7.11 Å². The van der Waals surface area contributed by atoms with Crippen LogP contribution in [0.3, 0.4) is 0 Å². The molecule has 3 aromatic rings. The summed E-state index contributed by atoms with van der Waals surface area (Å²) < 4.78 is 50.1. The van der Waals surface area contributed by atoms with Gasteiger partial charge < -0.3 is 4.74 Å². The molecule has 0 fully saturated rings. The van der Waals surface area contributed by atoms with Gasteiger partial charge in [-0.3, -0.25) is 4.11 Å². The van der Waals surface area contributed by atoms with Crippen molar-refractivity contribution in [2.75, 3.05) is 7.11 Å². The lowest BCUT2D eigenvalue weighted by molar-refractivity contribution is 0.0958. The molecule has 0 radical (unpaired) electrons. The smallest absolute Gasteiger partial charge is 0.348 e. The van der Waals surface area contributed by atoms with Gasteiger partial charge in [0, 0.05) is 5.56 Å². The summed E-state index contributed by atoms with van der Waals surface area (Å²) in [5, 5.41) is -3.06. The van der Waals surface area contributed by atoms with Gasteiger partial charge in [-0.15, -0.1) is 0 Å². The van der Waals surface area contributed by atoms with Crippen molar-refractivity contribution < 1.29 is 17.6 Å². The zero-order valence-electron chi connectivity index (χ0n) is 13.9. The molecule has 134 valence electrons. The number of halogens is 4. The van der Waals surface area contributed by atoms with Crippen molar-refractivity contribution in [2.24, 2.45) is 0 Å². The molecule has 0 saturated carbocycles. The van der Waals surface area contributed by atoms with E-state index in [0.29, 0.717) is 10.4 Å². The Morgan fingerprint density at radius 3 is 1.77 bits per heavy atom. The van der Waals surface area contributed by atoms with E-state index in [1.807, 2.05) is 0 Å². The number of methoxy groups -OCH3 is 1. The van der Waals surface area contributed by atoms with E-state index in [2.05, 4.69) is 0 Å². The Kier molecular flexibility index (Phi) is 5.12. The monoisotopic (exact) mass is 392 g/mol. The molecule has 0 aliphatic heterocycles. The standard InChI is InChI=1S/C20H16ClF3OSi/c1-25-15-12-13-19(18(14-15)20(21,22)23)26(24,16-8-4-2-5-9-16)17-10-6-3-7-11-17/h2-14H,1H3. The highest BCUT2D eigenvalue weighted by Crippen LogP contribution is 2.34. The van der Waals surface area contributed by atoms with E-state index < -0.39 is 19.4 Å². The van der Waals surface area contributed by atoms with Crippen molar-refractivity contribution in [1.82, 2.24) is 0 Å². The van der Waals surface area contributed by atoms with Crippen molar-refractivity contribution in [3.63, 3.8) is 0 Å². The van der Waals surface area contributed by atoms with Crippen molar-refractivity contribution in [2.45, 2.75) is 5.38 Å². The van der Waals surface area contributed by atoms with Gasteiger partial charge in [-0.25, -0.2) is 0 Å². The van der Waals surface area contributed by atoms with Crippen LogP contribution < -0.4 is 20.3 Å². The number of hydrogen-bond donors (Lipinski definition) is 0. The van der Waals surface area contributed by atoms with Crippen LogP contribution in [0.4, 0.5) is 12.9 Å². The lowest BCUT2D eigenvalue weighted by Gasteiger charge is -2.28. The zero-order chi connectivity index (χ0) is 18.8. The van der Waals surface area contributed by atoms with Crippen LogP contribution >= 0.6 is 11.6 Å². The number of benzene rings is 3. The number of rotatable bonds is 5. The zero-order valence-corrected chi connectivity index (χ0v) is 15.7. The number of ether oxygens (including phenoxy) is 1. The van der Waals surface area contributed by atoms with Gasteiger partial charge >= 0.3 is 13.8 Å². The van der Waals surface area contributed by atoms with E-state index in [4.69, 9.17) is 16.3 Å². The Bertz CT molecular complexity index is 843. The molecule has 0 bridgehead atoms. The van der Waals surface area contributed by atoms with Crippen LogP contribution in [0.5, 0.6) is 5.75 Å². The van der Waals surface area contributed by atoms with E-state index in [-0.39, 0.29) is 10.9 Å². The summed E-state index contributed by atoms with van der Waals surface area (Å²) in [5.41, 5.74) is -0.569. The van der Waals surface area contributed by atoms with Gasteiger partial charge in [-0.05, 0) is 39.3 Å². The summed E-state index contributed by atoms with van der Waals surface area (Å²) in [6, 6.07) is 20.7. The average molecular weight is 393 g/mol. The average Bonchev–Trinajstić information content (AvgIpc) is 2.67. The van der Waals surface area contributed by atoms with Gasteiger partial charge in [-0.1, -0.05) is 66.7 Å². The van der Waals surface area contributed by atoms with Gasteiger partial charge in [-0.2, -0.15) is 8.78 Å². The lowest BCUT2D eigenvalue weighted by atomic mass is 10.2. The van der Waals surface area contributed by atoms with Crippen LogP contribution in [0.25, 0.3) is 0 Å². The first-order valence-electron chi connectivity index (χ1n) is 7.93. The first-order chi connectivity index (χ1) is 12.4. The van der Waals surface area contributed by atoms with Gasteiger partial charge in [0.25, 0.3) is 0 Å². The molecule has 1 nitrogen and oxygen atoms in total. The molecule has 0 atom stereocenters. The topological polar surface area (TPSA) is 9.23 Å². The summed E-state index contributed by atoms with van der Waals surface area (Å²) in [6.07, 6.45) is 0. The molecule has 3 rings (SSSR count). The second kappa shape index (κ2) is 7.17. The molecule has 3 aromatic carbocycles. The molecule has 0 unspecified atom stereocenters. The minimum absolute atomic E-state index is 0.0873. The lowest BCUT2D eigenvalue weighted by Crippen LogP contribution is -2.65. The molecule has 26 heavy (non-hydrogen) atoms. The minimum atomic E-state index is -4.19. The second-order valence-corrected chi connectivity index (χ2v) is 9.28. The quantitative estimate of drug-likeness (QED) is 0.277. The van der Waals surface area contributed by atoms with Crippen molar-refractivity contribution in [3.8, 4) is 5.75 Å². The largest absolute Gasteiger partial charge is 0.497 e. The van der Waals surface area contributed by atoms with E-state index in [0.717, 1.165) is 6.07 Å². The van der Waals surface area contributed by atoms with E-state index in [1.165, 1.54) is 19.2 Å². The fourth-order valence-electron chi connectivity index (χ4n) is 3.00.